The molecule has 0 aromatic rings. The van der Waals surface area contributed by atoms with Gasteiger partial charge in [-0.1, -0.05) is 0 Å². The molecule has 52 valence electrons. The molecule has 7 heteroatoms. The Morgan fingerprint density at radius 2 is 1.00 bits per heavy atom. The van der Waals surface area contributed by atoms with Gasteiger partial charge in [-0.3, -0.25) is 9.11 Å². The van der Waals surface area contributed by atoms with Gasteiger partial charge in [0.05, 0.1) is 0 Å². The van der Waals surface area contributed by atoms with Crippen LogP contribution >= 0.6 is 0 Å². The Hall–Kier alpha value is 1.19. The predicted octanol–water partition coefficient (Wildman–Crippen LogP) is -0.658. The van der Waals surface area contributed by atoms with Crippen LogP contribution < -0.4 is 0 Å². The van der Waals surface area contributed by atoms with Crippen molar-refractivity contribution in [2.75, 3.05) is 0 Å². The SMILES string of the molecule is O=S(=O)(O)O.[Pd].[Pd]. The average molecular weight is 311 g/mol. The molecule has 0 atom stereocenters. The van der Waals surface area contributed by atoms with Gasteiger partial charge in [0, 0.05) is 40.8 Å². The molecule has 0 amide bonds. The van der Waals surface area contributed by atoms with Gasteiger partial charge in [-0.25, -0.2) is 0 Å². The van der Waals surface area contributed by atoms with Crippen LogP contribution in [0.3, 0.4) is 0 Å². The van der Waals surface area contributed by atoms with Crippen molar-refractivity contribution in [2.45, 2.75) is 0 Å². The van der Waals surface area contributed by atoms with Gasteiger partial charge >= 0.3 is 10.4 Å². The van der Waals surface area contributed by atoms with E-state index in [0.717, 1.165) is 0 Å². The monoisotopic (exact) mass is 310 g/mol. The summed E-state index contributed by atoms with van der Waals surface area (Å²) >= 11 is 0. The zero-order valence-corrected chi connectivity index (χ0v) is 6.68. The van der Waals surface area contributed by atoms with E-state index in [9.17, 15) is 0 Å². The van der Waals surface area contributed by atoms with Gasteiger partial charge in [-0.05, 0) is 0 Å². The first-order valence-corrected chi connectivity index (χ1v) is 2.10. The van der Waals surface area contributed by atoms with Crippen molar-refractivity contribution in [1.82, 2.24) is 0 Å². The molecule has 0 bridgehead atoms. The van der Waals surface area contributed by atoms with Crippen LogP contribution in [0.5, 0.6) is 0 Å². The molecule has 0 fully saturated rings. The van der Waals surface area contributed by atoms with Crippen molar-refractivity contribution >= 4 is 10.4 Å². The third kappa shape index (κ3) is 136. The quantitative estimate of drug-likeness (QED) is 0.460. The van der Waals surface area contributed by atoms with Crippen LogP contribution in [-0.2, 0) is 51.2 Å². The molecule has 2 N–H and O–H groups in total. The maximum absolute atomic E-state index is 8.74. The van der Waals surface area contributed by atoms with E-state index in [1.54, 1.807) is 0 Å². The van der Waals surface area contributed by atoms with E-state index in [2.05, 4.69) is 0 Å². The first-order chi connectivity index (χ1) is 2.00. The van der Waals surface area contributed by atoms with E-state index < -0.39 is 10.4 Å². The largest absolute Gasteiger partial charge is 0.394 e. The minimum absolute atomic E-state index is 0. The average Bonchev–Trinajstić information content (AvgIpc) is 0.722. The molecule has 0 rings (SSSR count). The zero-order chi connectivity index (χ0) is 4.50. The molecule has 0 heterocycles. The third-order valence-corrected chi connectivity index (χ3v) is 0. The van der Waals surface area contributed by atoms with Crippen molar-refractivity contribution in [1.29, 1.82) is 0 Å². The second kappa shape index (κ2) is 5.33. The second-order valence-electron chi connectivity index (χ2n) is 0.448. The fourth-order valence-corrected chi connectivity index (χ4v) is 0. The van der Waals surface area contributed by atoms with Crippen LogP contribution in [0.1, 0.15) is 0 Å². The minimum atomic E-state index is -4.67. The summed E-state index contributed by atoms with van der Waals surface area (Å²) in [6, 6.07) is 0. The summed E-state index contributed by atoms with van der Waals surface area (Å²) in [5.74, 6) is 0. The number of rotatable bonds is 0. The summed E-state index contributed by atoms with van der Waals surface area (Å²) in [5.41, 5.74) is 0. The van der Waals surface area contributed by atoms with Crippen LogP contribution in [0, 0.1) is 0 Å². The third-order valence-electron chi connectivity index (χ3n) is 0. The molecule has 0 unspecified atom stereocenters. The Bertz CT molecular complexity index is 92.9. The Morgan fingerprint density at radius 1 is 1.00 bits per heavy atom. The summed E-state index contributed by atoms with van der Waals surface area (Å²) in [7, 11) is -4.67. The van der Waals surface area contributed by atoms with Crippen molar-refractivity contribution in [3.05, 3.63) is 0 Å². The van der Waals surface area contributed by atoms with Crippen LogP contribution in [0.15, 0.2) is 0 Å². The zero-order valence-electron chi connectivity index (χ0n) is 2.75. The van der Waals surface area contributed by atoms with Crippen LogP contribution in [0.2, 0.25) is 0 Å². The summed E-state index contributed by atoms with van der Waals surface area (Å²) < 4.78 is 31.6. The van der Waals surface area contributed by atoms with E-state index in [0.29, 0.717) is 0 Å². The molecule has 0 radical (unpaired) electrons. The molecular formula is H2O4Pd2S. The molecule has 4 nitrogen and oxygen atoms in total. The minimum Gasteiger partial charge on any atom is -0.264 e. The number of hydrogen-bond acceptors (Lipinski definition) is 2. The van der Waals surface area contributed by atoms with E-state index in [-0.39, 0.29) is 40.8 Å². The molecular weight excluding hydrogens is 309 g/mol. The first-order valence-electron chi connectivity index (χ1n) is 0.698. The van der Waals surface area contributed by atoms with Crippen LogP contribution in [-0.4, -0.2) is 17.5 Å². The first kappa shape index (κ1) is 15.7. The summed E-state index contributed by atoms with van der Waals surface area (Å²) in [6.45, 7) is 0. The van der Waals surface area contributed by atoms with Crippen molar-refractivity contribution in [3.8, 4) is 0 Å². The molecule has 7 heavy (non-hydrogen) atoms. The Balaban J connectivity index is -0.0000000800. The Kier molecular flexibility index (Phi) is 12.0. The molecule has 0 spiro atoms. The summed E-state index contributed by atoms with van der Waals surface area (Å²) in [6.07, 6.45) is 0. The fraction of sp³-hybridized carbons (Fsp3) is 0. The van der Waals surface area contributed by atoms with Gasteiger partial charge < -0.3 is 0 Å². The smallest absolute Gasteiger partial charge is 0.264 e. The summed E-state index contributed by atoms with van der Waals surface area (Å²) in [5, 5.41) is 0. The number of hydrogen-bond donors (Lipinski definition) is 2. The van der Waals surface area contributed by atoms with Gasteiger partial charge in [0.1, 0.15) is 0 Å². The maximum Gasteiger partial charge on any atom is 0.394 e. The molecule has 0 aliphatic rings. The van der Waals surface area contributed by atoms with E-state index >= 15 is 0 Å². The molecule has 0 aromatic carbocycles. The maximum atomic E-state index is 8.74. The standard InChI is InChI=1S/H2O4S.2Pd/c1-5(2,3)4;;/h(H2,1,2,3,4);;. The van der Waals surface area contributed by atoms with E-state index in [1.165, 1.54) is 0 Å². The fourth-order valence-electron chi connectivity index (χ4n) is 0. The van der Waals surface area contributed by atoms with Crippen LogP contribution in [0.25, 0.3) is 0 Å². The Labute approximate surface area is 68.6 Å². The summed E-state index contributed by atoms with van der Waals surface area (Å²) in [4.78, 5) is 0. The van der Waals surface area contributed by atoms with Gasteiger partial charge in [0.25, 0.3) is 0 Å². The molecule has 0 aromatic heterocycles. The molecule has 0 aliphatic carbocycles. The van der Waals surface area contributed by atoms with E-state index in [4.69, 9.17) is 17.5 Å². The van der Waals surface area contributed by atoms with Gasteiger partial charge in [-0.2, -0.15) is 8.42 Å². The van der Waals surface area contributed by atoms with Crippen molar-refractivity contribution < 1.29 is 58.4 Å². The molecule has 0 saturated heterocycles. The predicted molar refractivity (Wildman–Crippen MR) is 14.2 cm³/mol. The molecule has 0 aliphatic heterocycles. The van der Waals surface area contributed by atoms with Gasteiger partial charge in [0.2, 0.25) is 0 Å². The topological polar surface area (TPSA) is 74.6 Å². The van der Waals surface area contributed by atoms with Gasteiger partial charge in [-0.15, -0.1) is 0 Å². The molecule has 0 saturated carbocycles. The Morgan fingerprint density at radius 3 is 1.00 bits per heavy atom. The second-order valence-corrected chi connectivity index (χ2v) is 1.34. The van der Waals surface area contributed by atoms with Crippen molar-refractivity contribution in [2.24, 2.45) is 0 Å². The van der Waals surface area contributed by atoms with Gasteiger partial charge in [0.15, 0.2) is 0 Å². The van der Waals surface area contributed by atoms with E-state index in [1.807, 2.05) is 0 Å². The van der Waals surface area contributed by atoms with Crippen LogP contribution in [0.4, 0.5) is 0 Å². The van der Waals surface area contributed by atoms with Crippen molar-refractivity contribution in [3.63, 3.8) is 0 Å². The normalized spacial score (nSPS) is 8.29.